The maximum Gasteiger partial charge on any atom is 0.408 e. The van der Waals surface area contributed by atoms with Crippen LogP contribution in [0.25, 0.3) is 0 Å². The summed E-state index contributed by atoms with van der Waals surface area (Å²) in [7, 11) is 0. The van der Waals surface area contributed by atoms with E-state index in [-0.39, 0.29) is 10.9 Å². The quantitative estimate of drug-likeness (QED) is 0.657. The van der Waals surface area contributed by atoms with Gasteiger partial charge in [-0.2, -0.15) is 0 Å². The van der Waals surface area contributed by atoms with E-state index in [1.54, 1.807) is 6.07 Å². The Morgan fingerprint density at radius 2 is 1.96 bits per heavy atom. The Labute approximate surface area is 163 Å². The molecule has 0 saturated carbocycles. The molecule has 3 rings (SSSR count). The minimum atomic E-state index is -1.11. The van der Waals surface area contributed by atoms with Crippen LogP contribution in [0.5, 0.6) is 0 Å². The van der Waals surface area contributed by atoms with Gasteiger partial charge in [-0.05, 0) is 54.3 Å². The molecule has 2 atom stereocenters. The lowest BCUT2D eigenvalue weighted by Gasteiger charge is -2.31. The number of nitrogens with two attached hydrogens (primary N) is 1. The molecule has 1 unspecified atom stereocenters. The van der Waals surface area contributed by atoms with Gasteiger partial charge in [0.2, 0.25) is 5.91 Å². The second-order valence-electron chi connectivity index (χ2n) is 6.58. The van der Waals surface area contributed by atoms with Crippen LogP contribution in [-0.2, 0) is 4.79 Å². The van der Waals surface area contributed by atoms with Crippen LogP contribution in [0.4, 0.5) is 10.5 Å². The lowest BCUT2D eigenvalue weighted by atomic mass is 10.1. The van der Waals surface area contributed by atoms with E-state index in [1.807, 2.05) is 0 Å². The van der Waals surface area contributed by atoms with Crippen molar-refractivity contribution in [2.45, 2.75) is 37.8 Å². The van der Waals surface area contributed by atoms with Gasteiger partial charge in [-0.15, -0.1) is 11.3 Å². The molecule has 3 heterocycles. The molecule has 10 heteroatoms. The largest absolute Gasteiger partial charge is 0.465 e. The topological polar surface area (TPSA) is 116 Å². The molecule has 1 aromatic rings. The number of nitrogens with zero attached hydrogens (tertiary/aromatic N) is 2. The van der Waals surface area contributed by atoms with E-state index < -0.39 is 23.9 Å². The van der Waals surface area contributed by atoms with Crippen molar-refractivity contribution in [1.82, 2.24) is 9.80 Å². The van der Waals surface area contributed by atoms with Gasteiger partial charge in [-0.1, -0.05) is 6.42 Å². The average molecular weight is 445 g/mol. The molecule has 2 fully saturated rings. The van der Waals surface area contributed by atoms with Crippen LogP contribution in [0.3, 0.4) is 0 Å². The standard InChI is InChI=1S/C16H21BrN4O4S/c17-12-7-10(13(26-12)14(18)22)19-15(23)11-6-9(8-21(11)16(24)25)20-4-2-1-3-5-20/h7,9,11H,1-6,8H2,(H2,18,22)(H,19,23)(H,24,25)/t9?,11-/m0/s1. The van der Waals surface area contributed by atoms with Gasteiger partial charge in [0, 0.05) is 12.6 Å². The number of anilines is 1. The summed E-state index contributed by atoms with van der Waals surface area (Å²) >= 11 is 4.40. The van der Waals surface area contributed by atoms with Crippen LogP contribution in [0.1, 0.15) is 35.4 Å². The summed E-state index contributed by atoms with van der Waals surface area (Å²) in [6.07, 6.45) is 2.75. The lowest BCUT2D eigenvalue weighted by molar-refractivity contribution is -0.119. The first-order valence-electron chi connectivity index (χ1n) is 8.50. The number of carbonyl (C=O) groups excluding carboxylic acids is 2. The second-order valence-corrected chi connectivity index (χ2v) is 9.02. The third kappa shape index (κ3) is 4.02. The predicted molar refractivity (Wildman–Crippen MR) is 102 cm³/mol. The molecule has 2 aliphatic rings. The number of halogens is 1. The smallest absolute Gasteiger partial charge is 0.408 e. The minimum Gasteiger partial charge on any atom is -0.465 e. The number of primary amides is 1. The summed E-state index contributed by atoms with van der Waals surface area (Å²) in [6.45, 7) is 2.20. The maximum atomic E-state index is 12.7. The number of carbonyl (C=O) groups is 3. The summed E-state index contributed by atoms with van der Waals surface area (Å²) in [6, 6.07) is 0.871. The van der Waals surface area contributed by atoms with Crippen LogP contribution in [0, 0.1) is 0 Å². The molecule has 0 radical (unpaired) electrons. The highest BCUT2D eigenvalue weighted by atomic mass is 79.9. The van der Waals surface area contributed by atoms with Crippen LogP contribution in [0.15, 0.2) is 9.85 Å². The summed E-state index contributed by atoms with van der Waals surface area (Å²) in [5, 5.41) is 12.2. The summed E-state index contributed by atoms with van der Waals surface area (Å²) in [4.78, 5) is 39.6. The van der Waals surface area contributed by atoms with Crippen molar-refractivity contribution in [2.24, 2.45) is 5.73 Å². The molecule has 0 aliphatic carbocycles. The summed E-state index contributed by atoms with van der Waals surface area (Å²) in [5.41, 5.74) is 5.65. The van der Waals surface area contributed by atoms with Gasteiger partial charge in [0.1, 0.15) is 10.9 Å². The van der Waals surface area contributed by atoms with Crippen molar-refractivity contribution in [3.63, 3.8) is 0 Å². The van der Waals surface area contributed by atoms with E-state index in [4.69, 9.17) is 5.73 Å². The van der Waals surface area contributed by atoms with Crippen molar-refractivity contribution in [1.29, 1.82) is 0 Å². The van der Waals surface area contributed by atoms with E-state index in [9.17, 15) is 19.5 Å². The molecular formula is C16H21BrN4O4S. The normalized spacial score (nSPS) is 23.8. The van der Waals surface area contributed by atoms with Crippen molar-refractivity contribution in [2.75, 3.05) is 25.0 Å². The number of nitrogens with one attached hydrogen (secondary N) is 1. The lowest BCUT2D eigenvalue weighted by Crippen LogP contribution is -2.43. The molecular weight excluding hydrogens is 424 g/mol. The fourth-order valence-electron chi connectivity index (χ4n) is 3.67. The highest BCUT2D eigenvalue weighted by molar-refractivity contribution is 9.11. The van der Waals surface area contributed by atoms with E-state index in [0.717, 1.165) is 37.3 Å². The fourth-order valence-corrected chi connectivity index (χ4v) is 5.08. The van der Waals surface area contributed by atoms with Crippen molar-refractivity contribution >= 4 is 50.9 Å². The van der Waals surface area contributed by atoms with E-state index in [0.29, 0.717) is 22.4 Å². The van der Waals surface area contributed by atoms with Gasteiger partial charge in [-0.25, -0.2) is 4.79 Å². The molecule has 0 aromatic carbocycles. The summed E-state index contributed by atoms with van der Waals surface area (Å²) in [5.74, 6) is -1.07. The molecule has 8 nitrogen and oxygen atoms in total. The molecule has 3 amide bonds. The minimum absolute atomic E-state index is 0.0481. The number of carboxylic acid groups (broad SMARTS) is 1. The van der Waals surface area contributed by atoms with Gasteiger partial charge in [0.25, 0.3) is 5.91 Å². The van der Waals surface area contributed by atoms with Gasteiger partial charge in [0.15, 0.2) is 0 Å². The zero-order chi connectivity index (χ0) is 18.8. The average Bonchev–Trinajstić information content (AvgIpc) is 3.20. The highest BCUT2D eigenvalue weighted by Gasteiger charge is 2.42. The Kier molecular flexibility index (Phi) is 5.83. The van der Waals surface area contributed by atoms with Crippen molar-refractivity contribution < 1.29 is 19.5 Å². The molecule has 0 bridgehead atoms. The third-order valence-corrected chi connectivity index (χ3v) is 6.57. The molecule has 0 spiro atoms. The summed E-state index contributed by atoms with van der Waals surface area (Å²) < 4.78 is 0.661. The fraction of sp³-hybridized carbons (Fsp3) is 0.562. The molecule has 142 valence electrons. The maximum absolute atomic E-state index is 12.7. The van der Waals surface area contributed by atoms with Crippen LogP contribution < -0.4 is 11.1 Å². The predicted octanol–water partition coefficient (Wildman–Crippen LogP) is 2.15. The van der Waals surface area contributed by atoms with Gasteiger partial charge >= 0.3 is 6.09 Å². The van der Waals surface area contributed by atoms with Gasteiger partial charge in [-0.3, -0.25) is 19.4 Å². The monoisotopic (exact) mass is 444 g/mol. The Hall–Kier alpha value is -1.65. The number of amides is 3. The van der Waals surface area contributed by atoms with Crippen molar-refractivity contribution in [3.05, 3.63) is 14.7 Å². The zero-order valence-electron chi connectivity index (χ0n) is 14.1. The Morgan fingerprint density at radius 1 is 1.27 bits per heavy atom. The van der Waals surface area contributed by atoms with Crippen molar-refractivity contribution in [3.8, 4) is 0 Å². The van der Waals surface area contributed by atoms with E-state index in [1.165, 1.54) is 11.3 Å². The number of likely N-dealkylation sites (tertiary alicyclic amines) is 2. The number of rotatable bonds is 4. The zero-order valence-corrected chi connectivity index (χ0v) is 16.5. The van der Waals surface area contributed by atoms with E-state index >= 15 is 0 Å². The molecule has 4 N–H and O–H groups in total. The molecule has 26 heavy (non-hydrogen) atoms. The number of thiophene rings is 1. The SMILES string of the molecule is NC(=O)c1sc(Br)cc1NC(=O)[C@@H]1CC(N2CCCCC2)CN1C(=O)O. The molecule has 1 aromatic heterocycles. The Balaban J connectivity index is 1.74. The molecule has 2 aliphatic heterocycles. The first-order chi connectivity index (χ1) is 12.4. The Morgan fingerprint density at radius 3 is 2.58 bits per heavy atom. The highest BCUT2D eigenvalue weighted by Crippen LogP contribution is 2.32. The van der Waals surface area contributed by atoms with Gasteiger partial charge in [0.05, 0.1) is 9.47 Å². The Bertz CT molecular complexity index is 719. The van der Waals surface area contributed by atoms with E-state index in [2.05, 4.69) is 26.1 Å². The third-order valence-electron chi connectivity index (χ3n) is 4.92. The van der Waals surface area contributed by atoms with Crippen LogP contribution in [0.2, 0.25) is 0 Å². The first-order valence-corrected chi connectivity index (χ1v) is 10.1. The molecule has 2 saturated heterocycles. The number of piperidine rings is 1. The number of hydrogen-bond donors (Lipinski definition) is 3. The number of hydrogen-bond acceptors (Lipinski definition) is 5. The second kappa shape index (κ2) is 7.93. The van der Waals surface area contributed by atoms with Crippen LogP contribution >= 0.6 is 27.3 Å². The van der Waals surface area contributed by atoms with Gasteiger partial charge < -0.3 is 16.2 Å². The van der Waals surface area contributed by atoms with Crippen LogP contribution in [-0.4, -0.2) is 64.5 Å². The first kappa shape index (κ1) is 19.1.